The van der Waals surface area contributed by atoms with Gasteiger partial charge in [0, 0.05) is 48.2 Å². The van der Waals surface area contributed by atoms with Crippen LogP contribution in [-0.2, 0) is 23.0 Å². The van der Waals surface area contributed by atoms with Crippen molar-refractivity contribution < 1.29 is 19.1 Å². The monoisotopic (exact) mass is 641 g/mol. The number of aryl methyl sites for hydroxylation is 2. The number of esters is 1. The summed E-state index contributed by atoms with van der Waals surface area (Å²) in [7, 11) is 3.13. The molecule has 1 fully saturated rings. The molecule has 1 saturated heterocycles. The van der Waals surface area contributed by atoms with Gasteiger partial charge in [0.25, 0.3) is 11.5 Å². The Kier molecular flexibility index (Phi) is 8.93. The lowest BCUT2D eigenvalue weighted by Gasteiger charge is -2.25. The summed E-state index contributed by atoms with van der Waals surface area (Å²) in [5.41, 5.74) is 6.24. The molecule has 0 spiro atoms. The van der Waals surface area contributed by atoms with Crippen LogP contribution in [0.1, 0.15) is 52.9 Å². The topological polar surface area (TPSA) is 116 Å². The highest BCUT2D eigenvalue weighted by atomic mass is 35.5. The van der Waals surface area contributed by atoms with Crippen molar-refractivity contribution in [1.82, 2.24) is 19.7 Å². The summed E-state index contributed by atoms with van der Waals surface area (Å²) >= 11 is 7.12. The van der Waals surface area contributed by atoms with Crippen LogP contribution in [0.2, 0.25) is 5.02 Å². The van der Waals surface area contributed by atoms with E-state index in [1.165, 1.54) is 19.3 Å². The molecular weight excluding hydrogens is 606 g/mol. The third-order valence-electron chi connectivity index (χ3n) is 9.00. The number of halogens is 1. The normalized spacial score (nSPS) is 17.5. The average molecular weight is 642 g/mol. The van der Waals surface area contributed by atoms with Gasteiger partial charge in [-0.05, 0) is 74.5 Å². The van der Waals surface area contributed by atoms with Gasteiger partial charge in [0.1, 0.15) is 5.56 Å². The number of nitrogens with zero attached hydrogens (tertiary/aromatic N) is 4. The molecule has 0 unspecified atom stereocenters. The van der Waals surface area contributed by atoms with E-state index in [0.717, 1.165) is 63.9 Å². The minimum absolute atomic E-state index is 0.00440. The van der Waals surface area contributed by atoms with Crippen LogP contribution in [0.15, 0.2) is 59.5 Å². The second-order valence-corrected chi connectivity index (χ2v) is 12.0. The lowest BCUT2D eigenvalue weighted by Crippen LogP contribution is -2.28. The molecule has 0 bridgehead atoms. The van der Waals surface area contributed by atoms with E-state index in [1.54, 1.807) is 13.2 Å². The van der Waals surface area contributed by atoms with Gasteiger partial charge in [-0.25, -0.2) is 9.67 Å². The summed E-state index contributed by atoms with van der Waals surface area (Å²) < 4.78 is 12.3. The minimum Gasteiger partial charge on any atom is -0.481 e. The fraction of sp³-hybridized carbons (Fsp3) is 0.343. The Hall–Kier alpha value is -4.54. The Balaban J connectivity index is 1.30. The van der Waals surface area contributed by atoms with Crippen molar-refractivity contribution in [1.29, 1.82) is 0 Å². The highest BCUT2D eigenvalue weighted by Crippen LogP contribution is 2.46. The number of aromatic nitrogens is 3. The average Bonchev–Trinajstić information content (AvgIpc) is 3.71. The minimum atomic E-state index is -0.513. The number of fused-ring (bicyclic) bond motifs is 1. The summed E-state index contributed by atoms with van der Waals surface area (Å²) in [5, 5.41) is 7.29. The van der Waals surface area contributed by atoms with Gasteiger partial charge in [0.15, 0.2) is 0 Å². The van der Waals surface area contributed by atoms with Gasteiger partial charge < -0.3 is 14.8 Å². The number of benzene rings is 2. The predicted molar refractivity (Wildman–Crippen MR) is 176 cm³/mol. The van der Waals surface area contributed by atoms with E-state index in [0.29, 0.717) is 35.4 Å². The van der Waals surface area contributed by atoms with Crippen molar-refractivity contribution in [3.8, 4) is 28.3 Å². The largest absolute Gasteiger partial charge is 0.481 e. The molecule has 4 aromatic rings. The van der Waals surface area contributed by atoms with E-state index >= 15 is 0 Å². The number of ether oxygens (including phenoxy) is 2. The number of likely N-dealkylation sites (tertiary alicyclic amines) is 1. The molecule has 0 saturated carbocycles. The molecule has 10 nitrogen and oxygen atoms in total. The first-order chi connectivity index (χ1) is 22.2. The van der Waals surface area contributed by atoms with Gasteiger partial charge in [0.05, 0.1) is 30.4 Å². The van der Waals surface area contributed by atoms with Crippen LogP contribution in [0.5, 0.6) is 5.88 Å². The first kappa shape index (κ1) is 31.4. The molecule has 1 amide bonds. The summed E-state index contributed by atoms with van der Waals surface area (Å²) in [6.07, 6.45) is 3.99. The maximum absolute atomic E-state index is 13.0. The smallest absolute Gasteiger partial charge is 0.310 e. The SMILES string of the molecule is CCOC(=O)[C@@H]1CCN([C@@H]2CCc3cc(-c4cccc(-c5cccc(NC(=O)c6ccnn(C)c6=O)c5C)c4Cl)nc(OC)c32)C1. The molecule has 6 rings (SSSR count). The first-order valence-electron chi connectivity index (χ1n) is 15.4. The number of nitrogens with one attached hydrogen (secondary N) is 1. The van der Waals surface area contributed by atoms with Crippen LogP contribution in [0.3, 0.4) is 0 Å². The van der Waals surface area contributed by atoms with Crippen LogP contribution in [0.4, 0.5) is 5.69 Å². The molecule has 238 valence electrons. The number of pyridine rings is 1. The van der Waals surface area contributed by atoms with Crippen LogP contribution < -0.4 is 15.6 Å². The van der Waals surface area contributed by atoms with Gasteiger partial charge in [-0.15, -0.1) is 0 Å². The molecule has 1 aliphatic carbocycles. The Morgan fingerprint density at radius 1 is 1.09 bits per heavy atom. The predicted octanol–water partition coefficient (Wildman–Crippen LogP) is 5.60. The zero-order valence-corrected chi connectivity index (χ0v) is 27.1. The van der Waals surface area contributed by atoms with E-state index in [2.05, 4.69) is 21.4 Å². The highest BCUT2D eigenvalue weighted by molar-refractivity contribution is 6.36. The zero-order chi connectivity index (χ0) is 32.5. The van der Waals surface area contributed by atoms with Crippen molar-refractivity contribution >= 4 is 29.2 Å². The van der Waals surface area contributed by atoms with Gasteiger partial charge >= 0.3 is 5.97 Å². The van der Waals surface area contributed by atoms with Gasteiger partial charge in [-0.3, -0.25) is 19.3 Å². The number of carbonyl (C=O) groups is 2. The maximum Gasteiger partial charge on any atom is 0.310 e. The molecule has 0 radical (unpaired) electrons. The number of rotatable bonds is 8. The van der Waals surface area contributed by atoms with Crippen molar-refractivity contribution in [2.45, 2.75) is 39.2 Å². The Morgan fingerprint density at radius 2 is 1.85 bits per heavy atom. The third-order valence-corrected chi connectivity index (χ3v) is 9.41. The number of hydrogen-bond donors (Lipinski definition) is 1. The van der Waals surface area contributed by atoms with Crippen LogP contribution in [-0.4, -0.2) is 58.3 Å². The summed E-state index contributed by atoms with van der Waals surface area (Å²) in [6.45, 7) is 5.62. The second-order valence-electron chi connectivity index (χ2n) is 11.6. The van der Waals surface area contributed by atoms with Gasteiger partial charge in [-0.2, -0.15) is 5.10 Å². The molecule has 2 aliphatic rings. The van der Waals surface area contributed by atoms with Crippen molar-refractivity contribution in [2.75, 3.05) is 32.1 Å². The number of hydrogen-bond acceptors (Lipinski definition) is 8. The molecule has 46 heavy (non-hydrogen) atoms. The van der Waals surface area contributed by atoms with Crippen LogP contribution in [0, 0.1) is 12.8 Å². The third kappa shape index (κ3) is 5.78. The van der Waals surface area contributed by atoms with E-state index in [9.17, 15) is 14.4 Å². The zero-order valence-electron chi connectivity index (χ0n) is 26.3. The number of anilines is 1. The molecule has 2 aromatic heterocycles. The highest BCUT2D eigenvalue weighted by Gasteiger charge is 2.38. The molecule has 1 N–H and O–H groups in total. The first-order valence-corrected chi connectivity index (χ1v) is 15.8. The molecule has 2 aromatic carbocycles. The second kappa shape index (κ2) is 13.1. The number of amides is 1. The van der Waals surface area contributed by atoms with Crippen LogP contribution >= 0.6 is 11.6 Å². The molecule has 1 aliphatic heterocycles. The van der Waals surface area contributed by atoms with E-state index < -0.39 is 11.5 Å². The summed E-state index contributed by atoms with van der Waals surface area (Å²) in [5.74, 6) is -0.178. The summed E-state index contributed by atoms with van der Waals surface area (Å²) in [6, 6.07) is 15.0. The fourth-order valence-electron chi connectivity index (χ4n) is 6.63. The Morgan fingerprint density at radius 3 is 2.63 bits per heavy atom. The van der Waals surface area contributed by atoms with E-state index in [4.69, 9.17) is 26.1 Å². The van der Waals surface area contributed by atoms with Gasteiger partial charge in [-0.1, -0.05) is 41.9 Å². The van der Waals surface area contributed by atoms with Crippen molar-refractivity contribution in [2.24, 2.45) is 13.0 Å². The number of carbonyl (C=O) groups excluding carboxylic acids is 2. The lowest BCUT2D eigenvalue weighted by molar-refractivity contribution is -0.147. The van der Waals surface area contributed by atoms with E-state index in [-0.39, 0.29) is 23.5 Å². The Labute approximate surface area is 272 Å². The standard InChI is InChI=1S/C35H36ClN5O5/c1-5-46-35(44)22-15-17-41(19-22)29-13-12-21-18-28(39-33(45-4)30(21)29)25-10-6-9-24(31(25)36)23-8-7-11-27(20(23)2)38-32(42)26-14-16-37-40(3)34(26)43/h6-11,14,16,18,22,29H,5,12-13,15,17,19H2,1-4H3,(H,38,42)/t22-,29-/m1/s1. The maximum atomic E-state index is 13.0. The quantitative estimate of drug-likeness (QED) is 0.247. The summed E-state index contributed by atoms with van der Waals surface area (Å²) in [4.78, 5) is 45.1. The molecule has 2 atom stereocenters. The Bertz CT molecular complexity index is 1890. The van der Waals surface area contributed by atoms with Gasteiger partial charge in [0.2, 0.25) is 5.88 Å². The van der Waals surface area contributed by atoms with Crippen molar-refractivity contribution in [3.63, 3.8) is 0 Å². The fourth-order valence-corrected chi connectivity index (χ4v) is 6.96. The van der Waals surface area contributed by atoms with Crippen molar-refractivity contribution in [3.05, 3.63) is 92.4 Å². The molecular formula is C35H36ClN5O5. The van der Waals surface area contributed by atoms with Crippen LogP contribution in [0.25, 0.3) is 22.4 Å². The molecule has 11 heteroatoms. The molecule has 3 heterocycles. The lowest BCUT2D eigenvalue weighted by atomic mass is 9.96. The number of methoxy groups -OCH3 is 1. The van der Waals surface area contributed by atoms with E-state index in [1.807, 2.05) is 44.2 Å².